The minimum atomic E-state index is -0.365. The maximum absolute atomic E-state index is 12.9. The van der Waals surface area contributed by atoms with Gasteiger partial charge in [-0.25, -0.2) is 4.39 Å². The first-order valence-corrected chi connectivity index (χ1v) is 6.70. The summed E-state index contributed by atoms with van der Waals surface area (Å²) in [6.45, 7) is 0.593. The van der Waals surface area contributed by atoms with Gasteiger partial charge in [-0.1, -0.05) is 0 Å². The largest absolute Gasteiger partial charge is 0.490 e. The Balaban J connectivity index is 2.60. The van der Waals surface area contributed by atoms with Crippen LogP contribution in [0.1, 0.15) is 6.42 Å². The van der Waals surface area contributed by atoms with Gasteiger partial charge in [0.05, 0.1) is 16.8 Å². The number of halogens is 2. The van der Waals surface area contributed by atoms with Crippen LogP contribution in [0.4, 0.5) is 10.1 Å². The van der Waals surface area contributed by atoms with Gasteiger partial charge < -0.3 is 10.5 Å². The van der Waals surface area contributed by atoms with Crippen LogP contribution in [0.25, 0.3) is 0 Å². The molecule has 0 amide bonds. The van der Waals surface area contributed by atoms with Crippen LogP contribution in [0.2, 0.25) is 0 Å². The van der Waals surface area contributed by atoms with Crippen LogP contribution in [0.3, 0.4) is 0 Å². The molecule has 0 saturated heterocycles. The van der Waals surface area contributed by atoms with E-state index in [1.54, 1.807) is 11.8 Å². The monoisotopic (exact) mass is 293 g/mol. The lowest BCUT2D eigenvalue weighted by molar-refractivity contribution is 0.318. The first-order valence-electron chi connectivity index (χ1n) is 4.51. The highest BCUT2D eigenvalue weighted by atomic mass is 79.9. The van der Waals surface area contributed by atoms with E-state index in [9.17, 15) is 4.39 Å². The number of anilines is 1. The third-order valence-corrected chi connectivity index (χ3v) is 3.06. The van der Waals surface area contributed by atoms with Crippen molar-refractivity contribution in [3.8, 4) is 5.75 Å². The molecule has 0 aliphatic carbocycles. The summed E-state index contributed by atoms with van der Waals surface area (Å²) in [5.41, 5.74) is 5.96. The molecule has 0 spiro atoms. The molecule has 2 N–H and O–H groups in total. The molecular weight excluding hydrogens is 281 g/mol. The van der Waals surface area contributed by atoms with Crippen molar-refractivity contribution in [3.63, 3.8) is 0 Å². The Hall–Kier alpha value is -0.420. The molecule has 0 saturated carbocycles. The lowest BCUT2D eigenvalue weighted by Gasteiger charge is -2.10. The van der Waals surface area contributed by atoms with Crippen molar-refractivity contribution >= 4 is 33.4 Å². The number of hydrogen-bond acceptors (Lipinski definition) is 3. The number of hydrogen-bond donors (Lipinski definition) is 1. The first kappa shape index (κ1) is 12.6. The smallest absolute Gasteiger partial charge is 0.156 e. The fourth-order valence-corrected chi connectivity index (χ4v) is 2.08. The molecule has 2 nitrogen and oxygen atoms in total. The maximum atomic E-state index is 12.9. The van der Waals surface area contributed by atoms with E-state index in [4.69, 9.17) is 10.5 Å². The van der Waals surface area contributed by atoms with Gasteiger partial charge in [-0.3, -0.25) is 0 Å². The molecular formula is C10H13BrFNOS. The van der Waals surface area contributed by atoms with Crippen molar-refractivity contribution in [1.82, 2.24) is 0 Å². The maximum Gasteiger partial charge on any atom is 0.156 e. The Morgan fingerprint density at radius 1 is 1.53 bits per heavy atom. The summed E-state index contributed by atoms with van der Waals surface area (Å²) in [5, 5.41) is 0. The first-order chi connectivity index (χ1) is 7.15. The number of thioether (sulfide) groups is 1. The van der Waals surface area contributed by atoms with E-state index in [0.29, 0.717) is 22.5 Å². The van der Waals surface area contributed by atoms with Crippen LogP contribution in [0.15, 0.2) is 16.6 Å². The molecule has 0 aromatic heterocycles. The van der Waals surface area contributed by atoms with Crippen LogP contribution >= 0.6 is 27.7 Å². The highest BCUT2D eigenvalue weighted by Crippen LogP contribution is 2.32. The molecule has 0 atom stereocenters. The van der Waals surface area contributed by atoms with E-state index >= 15 is 0 Å². The third-order valence-electron chi connectivity index (χ3n) is 1.78. The molecule has 1 rings (SSSR count). The SMILES string of the molecule is CSCCCOc1c(N)cc(F)cc1Br. The number of rotatable bonds is 5. The molecule has 1 aromatic carbocycles. The second-order valence-corrected chi connectivity index (χ2v) is 4.84. The minimum Gasteiger partial charge on any atom is -0.490 e. The zero-order chi connectivity index (χ0) is 11.3. The van der Waals surface area contributed by atoms with Crippen molar-refractivity contribution in [2.75, 3.05) is 24.3 Å². The van der Waals surface area contributed by atoms with E-state index in [-0.39, 0.29) is 5.82 Å². The zero-order valence-electron chi connectivity index (χ0n) is 8.43. The lowest BCUT2D eigenvalue weighted by Crippen LogP contribution is -2.02. The summed E-state index contributed by atoms with van der Waals surface area (Å²) >= 11 is 4.98. The van der Waals surface area contributed by atoms with Crippen LogP contribution < -0.4 is 10.5 Å². The number of benzene rings is 1. The number of ether oxygens (including phenoxy) is 1. The minimum absolute atomic E-state index is 0.325. The Kier molecular flexibility index (Phi) is 5.25. The van der Waals surface area contributed by atoms with Crippen molar-refractivity contribution in [3.05, 3.63) is 22.4 Å². The normalized spacial score (nSPS) is 10.3. The van der Waals surface area contributed by atoms with Gasteiger partial charge >= 0.3 is 0 Å². The van der Waals surface area contributed by atoms with Crippen molar-refractivity contribution in [1.29, 1.82) is 0 Å². The molecule has 0 bridgehead atoms. The summed E-state index contributed by atoms with van der Waals surface area (Å²) in [6, 6.07) is 2.61. The Morgan fingerprint density at radius 2 is 2.27 bits per heavy atom. The Morgan fingerprint density at radius 3 is 2.87 bits per heavy atom. The zero-order valence-corrected chi connectivity index (χ0v) is 10.8. The predicted molar refractivity (Wildman–Crippen MR) is 67.0 cm³/mol. The van der Waals surface area contributed by atoms with Gasteiger partial charge in [-0.15, -0.1) is 0 Å². The molecule has 0 fully saturated rings. The lowest BCUT2D eigenvalue weighted by atomic mass is 10.3. The number of nitrogens with two attached hydrogens (primary N) is 1. The highest BCUT2D eigenvalue weighted by molar-refractivity contribution is 9.10. The van der Waals surface area contributed by atoms with Gasteiger partial charge in [0.1, 0.15) is 5.82 Å². The summed E-state index contributed by atoms with van der Waals surface area (Å²) in [7, 11) is 0. The average Bonchev–Trinajstić information content (AvgIpc) is 2.15. The summed E-state index contributed by atoms with van der Waals surface area (Å²) < 4.78 is 18.9. The van der Waals surface area contributed by atoms with Crippen LogP contribution in [-0.2, 0) is 0 Å². The molecule has 0 radical (unpaired) electrons. The molecule has 15 heavy (non-hydrogen) atoms. The Labute approximate surface area is 102 Å². The van der Waals surface area contributed by atoms with Crippen molar-refractivity contribution in [2.45, 2.75) is 6.42 Å². The topological polar surface area (TPSA) is 35.2 Å². The molecule has 0 unspecified atom stereocenters. The summed E-state index contributed by atoms with van der Waals surface area (Å²) in [5.74, 6) is 1.20. The van der Waals surface area contributed by atoms with E-state index < -0.39 is 0 Å². The third kappa shape index (κ3) is 3.91. The van der Waals surface area contributed by atoms with Crippen LogP contribution in [-0.4, -0.2) is 18.6 Å². The molecule has 0 heterocycles. The predicted octanol–water partition coefficient (Wildman–Crippen LogP) is 3.30. The van der Waals surface area contributed by atoms with Crippen molar-refractivity contribution in [2.24, 2.45) is 0 Å². The second kappa shape index (κ2) is 6.23. The standard InChI is InChI=1S/C10H13BrFNOS/c1-15-4-2-3-14-10-8(11)5-7(12)6-9(10)13/h5-6H,2-4,13H2,1H3. The summed E-state index contributed by atoms with van der Waals surface area (Å²) in [6.07, 6.45) is 2.99. The van der Waals surface area contributed by atoms with Crippen molar-refractivity contribution < 1.29 is 9.13 Å². The van der Waals surface area contributed by atoms with Gasteiger partial charge in [-0.2, -0.15) is 11.8 Å². The van der Waals surface area contributed by atoms with Gasteiger partial charge in [0, 0.05) is 6.07 Å². The molecule has 0 aliphatic rings. The van der Waals surface area contributed by atoms with Crippen LogP contribution in [0.5, 0.6) is 5.75 Å². The number of nitrogen functional groups attached to an aromatic ring is 1. The van der Waals surface area contributed by atoms with E-state index in [1.165, 1.54) is 12.1 Å². The average molecular weight is 294 g/mol. The van der Waals surface area contributed by atoms with Gasteiger partial charge in [-0.05, 0) is 40.4 Å². The fraction of sp³-hybridized carbons (Fsp3) is 0.400. The van der Waals surface area contributed by atoms with E-state index in [2.05, 4.69) is 15.9 Å². The summed E-state index contributed by atoms with van der Waals surface area (Å²) in [4.78, 5) is 0. The van der Waals surface area contributed by atoms with E-state index in [0.717, 1.165) is 12.2 Å². The quantitative estimate of drug-likeness (QED) is 0.668. The highest BCUT2D eigenvalue weighted by Gasteiger charge is 2.07. The van der Waals surface area contributed by atoms with Gasteiger partial charge in [0.15, 0.2) is 5.75 Å². The molecule has 0 aliphatic heterocycles. The second-order valence-electron chi connectivity index (χ2n) is 3.00. The Bertz CT molecular complexity index is 312. The van der Waals surface area contributed by atoms with E-state index in [1.807, 2.05) is 6.26 Å². The molecule has 1 aromatic rings. The molecule has 84 valence electrons. The van der Waals surface area contributed by atoms with Gasteiger partial charge in [0.2, 0.25) is 0 Å². The fourth-order valence-electron chi connectivity index (χ4n) is 1.11. The van der Waals surface area contributed by atoms with Crippen LogP contribution in [0, 0.1) is 5.82 Å². The van der Waals surface area contributed by atoms with Gasteiger partial charge in [0.25, 0.3) is 0 Å². The molecule has 5 heteroatoms.